The molecule has 0 aliphatic carbocycles. The third-order valence-corrected chi connectivity index (χ3v) is 3.96. The molecule has 0 fully saturated rings. The predicted molar refractivity (Wildman–Crippen MR) is 116 cm³/mol. The summed E-state index contributed by atoms with van der Waals surface area (Å²) in [5, 5.41) is 17.3. The Balaban J connectivity index is 0.00000576. The Morgan fingerprint density at radius 1 is 1.12 bits per heavy atom. The monoisotopic (exact) mass is 463 g/mol. The van der Waals surface area contributed by atoms with E-state index in [4.69, 9.17) is 4.74 Å². The van der Waals surface area contributed by atoms with Gasteiger partial charge < -0.3 is 20.5 Å². The van der Waals surface area contributed by atoms with Crippen molar-refractivity contribution in [2.45, 2.75) is 58.6 Å². The van der Waals surface area contributed by atoms with Crippen molar-refractivity contribution in [3.8, 4) is 5.75 Å². The molecule has 1 aromatic rings. The molecule has 0 aliphatic heterocycles. The van der Waals surface area contributed by atoms with Crippen LogP contribution in [0.3, 0.4) is 0 Å². The molecular weight excluding hydrogens is 429 g/mol. The SMILES string of the molecule is CCCC(O)(CCC)CNC(=NCc1ccccc1OC)NCC.I. The number of para-hydroxylation sites is 1. The molecule has 0 atom stereocenters. The van der Waals surface area contributed by atoms with Gasteiger partial charge in [-0.3, -0.25) is 0 Å². The average Bonchev–Trinajstić information content (AvgIpc) is 2.58. The summed E-state index contributed by atoms with van der Waals surface area (Å²) in [5.74, 6) is 1.56. The topological polar surface area (TPSA) is 65.9 Å². The molecular formula is C19H34IN3O2. The highest BCUT2D eigenvalue weighted by Crippen LogP contribution is 2.19. The van der Waals surface area contributed by atoms with Crippen LogP contribution in [0, 0.1) is 0 Å². The lowest BCUT2D eigenvalue weighted by molar-refractivity contribution is 0.0257. The number of ether oxygens (including phenoxy) is 1. The van der Waals surface area contributed by atoms with Gasteiger partial charge in [0.25, 0.3) is 0 Å². The lowest BCUT2D eigenvalue weighted by atomic mass is 9.93. The molecule has 6 heteroatoms. The molecule has 0 saturated carbocycles. The fourth-order valence-corrected chi connectivity index (χ4v) is 2.82. The number of guanidine groups is 1. The smallest absolute Gasteiger partial charge is 0.191 e. The van der Waals surface area contributed by atoms with Gasteiger partial charge in [-0.15, -0.1) is 24.0 Å². The summed E-state index contributed by atoms with van der Waals surface area (Å²) >= 11 is 0. The van der Waals surface area contributed by atoms with Crippen molar-refractivity contribution in [3.05, 3.63) is 29.8 Å². The van der Waals surface area contributed by atoms with Crippen LogP contribution in [0.25, 0.3) is 0 Å². The quantitative estimate of drug-likeness (QED) is 0.281. The first kappa shape index (κ1) is 24.0. The Bertz CT molecular complexity index is 503. The Hall–Kier alpha value is -1.02. The van der Waals surface area contributed by atoms with E-state index in [0.717, 1.165) is 43.5 Å². The maximum atomic E-state index is 10.7. The summed E-state index contributed by atoms with van der Waals surface area (Å²) < 4.78 is 5.37. The average molecular weight is 463 g/mol. The van der Waals surface area contributed by atoms with Crippen LogP contribution in [-0.4, -0.2) is 36.9 Å². The number of nitrogens with zero attached hydrogens (tertiary/aromatic N) is 1. The molecule has 144 valence electrons. The van der Waals surface area contributed by atoms with Crippen molar-refractivity contribution in [3.63, 3.8) is 0 Å². The number of aliphatic hydroxyl groups is 1. The molecule has 0 aromatic heterocycles. The summed E-state index contributed by atoms with van der Waals surface area (Å²) in [6.45, 7) is 8.04. The van der Waals surface area contributed by atoms with Gasteiger partial charge in [-0.1, -0.05) is 44.9 Å². The summed E-state index contributed by atoms with van der Waals surface area (Å²) in [6.07, 6.45) is 3.51. The molecule has 1 rings (SSSR count). The van der Waals surface area contributed by atoms with E-state index in [1.807, 2.05) is 31.2 Å². The first-order valence-corrected chi connectivity index (χ1v) is 8.95. The zero-order valence-corrected chi connectivity index (χ0v) is 18.3. The van der Waals surface area contributed by atoms with E-state index >= 15 is 0 Å². The zero-order valence-electron chi connectivity index (χ0n) is 16.0. The number of hydrogen-bond acceptors (Lipinski definition) is 3. The number of hydrogen-bond donors (Lipinski definition) is 3. The van der Waals surface area contributed by atoms with E-state index in [1.165, 1.54) is 0 Å². The van der Waals surface area contributed by atoms with Crippen molar-refractivity contribution in [2.24, 2.45) is 4.99 Å². The van der Waals surface area contributed by atoms with E-state index in [-0.39, 0.29) is 24.0 Å². The summed E-state index contributed by atoms with van der Waals surface area (Å²) in [6, 6.07) is 7.88. The molecule has 1 aromatic carbocycles. The molecule has 0 radical (unpaired) electrons. The molecule has 0 bridgehead atoms. The standard InChI is InChI=1S/C19H33N3O2.HI/c1-5-12-19(23,13-6-2)15-22-18(20-7-3)21-14-16-10-8-9-11-17(16)24-4;/h8-11,23H,5-7,12-15H2,1-4H3,(H2,20,21,22);1H. The van der Waals surface area contributed by atoms with E-state index in [0.29, 0.717) is 19.0 Å². The molecule has 0 aliphatic rings. The second-order valence-corrected chi connectivity index (χ2v) is 6.08. The van der Waals surface area contributed by atoms with E-state index in [1.54, 1.807) is 7.11 Å². The summed E-state index contributed by atoms with van der Waals surface area (Å²) in [7, 11) is 1.67. The second kappa shape index (κ2) is 13.2. The highest BCUT2D eigenvalue weighted by Gasteiger charge is 2.24. The first-order valence-electron chi connectivity index (χ1n) is 8.95. The van der Waals surface area contributed by atoms with E-state index < -0.39 is 5.60 Å². The fourth-order valence-electron chi connectivity index (χ4n) is 2.82. The number of benzene rings is 1. The normalized spacial score (nSPS) is 11.6. The van der Waals surface area contributed by atoms with E-state index in [2.05, 4.69) is 29.5 Å². The van der Waals surface area contributed by atoms with Crippen LogP contribution < -0.4 is 15.4 Å². The number of halogens is 1. The van der Waals surface area contributed by atoms with Crippen molar-refractivity contribution in [2.75, 3.05) is 20.2 Å². The van der Waals surface area contributed by atoms with Crippen LogP contribution in [0.15, 0.2) is 29.3 Å². The minimum Gasteiger partial charge on any atom is -0.496 e. The lowest BCUT2D eigenvalue weighted by Crippen LogP contribution is -2.47. The van der Waals surface area contributed by atoms with Crippen LogP contribution >= 0.6 is 24.0 Å². The van der Waals surface area contributed by atoms with Crippen LogP contribution in [0.1, 0.15) is 52.0 Å². The van der Waals surface area contributed by atoms with Gasteiger partial charge in [0.15, 0.2) is 5.96 Å². The molecule has 0 unspecified atom stereocenters. The molecule has 0 amide bonds. The molecule has 25 heavy (non-hydrogen) atoms. The van der Waals surface area contributed by atoms with Gasteiger partial charge in [0, 0.05) is 18.7 Å². The van der Waals surface area contributed by atoms with Crippen LogP contribution in [-0.2, 0) is 6.54 Å². The molecule has 3 N–H and O–H groups in total. The predicted octanol–water partition coefficient (Wildman–Crippen LogP) is 3.70. The zero-order chi connectivity index (χ0) is 17.8. The Labute approximate surface area is 169 Å². The third kappa shape index (κ3) is 8.76. The van der Waals surface area contributed by atoms with Gasteiger partial charge >= 0.3 is 0 Å². The molecule has 0 saturated heterocycles. The number of nitrogens with one attached hydrogen (secondary N) is 2. The highest BCUT2D eigenvalue weighted by atomic mass is 127. The number of aliphatic imine (C=N–C) groups is 1. The van der Waals surface area contributed by atoms with E-state index in [9.17, 15) is 5.11 Å². The van der Waals surface area contributed by atoms with Gasteiger partial charge in [0.05, 0.1) is 19.3 Å². The molecule has 5 nitrogen and oxygen atoms in total. The van der Waals surface area contributed by atoms with Crippen LogP contribution in [0.2, 0.25) is 0 Å². The third-order valence-electron chi connectivity index (χ3n) is 3.96. The maximum absolute atomic E-state index is 10.7. The lowest BCUT2D eigenvalue weighted by Gasteiger charge is -2.28. The fraction of sp³-hybridized carbons (Fsp3) is 0.632. The van der Waals surface area contributed by atoms with Crippen LogP contribution in [0.4, 0.5) is 0 Å². The summed E-state index contributed by atoms with van der Waals surface area (Å²) in [4.78, 5) is 4.62. The minimum absolute atomic E-state index is 0. The Kier molecular flexibility index (Phi) is 12.7. The molecule has 0 spiro atoms. The van der Waals surface area contributed by atoms with Crippen molar-refractivity contribution < 1.29 is 9.84 Å². The Morgan fingerprint density at radius 3 is 2.32 bits per heavy atom. The van der Waals surface area contributed by atoms with Gasteiger partial charge in [-0.2, -0.15) is 0 Å². The number of methoxy groups -OCH3 is 1. The summed E-state index contributed by atoms with van der Waals surface area (Å²) in [5.41, 5.74) is 0.360. The van der Waals surface area contributed by atoms with Crippen molar-refractivity contribution in [1.29, 1.82) is 0 Å². The van der Waals surface area contributed by atoms with Crippen molar-refractivity contribution in [1.82, 2.24) is 10.6 Å². The largest absolute Gasteiger partial charge is 0.496 e. The van der Waals surface area contributed by atoms with Gasteiger partial charge in [0.1, 0.15) is 5.75 Å². The maximum Gasteiger partial charge on any atom is 0.191 e. The highest BCUT2D eigenvalue weighted by molar-refractivity contribution is 14.0. The van der Waals surface area contributed by atoms with Gasteiger partial charge in [0.2, 0.25) is 0 Å². The Morgan fingerprint density at radius 2 is 1.76 bits per heavy atom. The van der Waals surface area contributed by atoms with Crippen LogP contribution in [0.5, 0.6) is 5.75 Å². The van der Waals surface area contributed by atoms with Crippen molar-refractivity contribution >= 4 is 29.9 Å². The first-order chi connectivity index (χ1) is 11.6. The second-order valence-electron chi connectivity index (χ2n) is 6.08. The minimum atomic E-state index is -0.676. The van der Waals surface area contributed by atoms with Gasteiger partial charge in [-0.25, -0.2) is 4.99 Å². The molecule has 0 heterocycles. The number of rotatable bonds is 10. The van der Waals surface area contributed by atoms with Gasteiger partial charge in [-0.05, 0) is 25.8 Å².